The van der Waals surface area contributed by atoms with Crippen LogP contribution in [0.4, 0.5) is 0 Å². The van der Waals surface area contributed by atoms with Gasteiger partial charge in [-0.05, 0) is 37.1 Å². The lowest BCUT2D eigenvalue weighted by molar-refractivity contribution is -0.137. The highest BCUT2D eigenvalue weighted by atomic mass is 16.5. The summed E-state index contributed by atoms with van der Waals surface area (Å²) in [5, 5.41) is 3.13. The van der Waals surface area contributed by atoms with E-state index in [0.717, 1.165) is 18.5 Å². The molecule has 1 aliphatic heterocycles. The molecule has 1 N–H and O–H groups in total. The summed E-state index contributed by atoms with van der Waals surface area (Å²) in [5.41, 5.74) is 1.25. The molecular weight excluding hydrogens is 370 g/mol. The maximum atomic E-state index is 13.0. The molecular formula is C22H27N3O4. The number of benzene rings is 1. The number of methoxy groups -OCH3 is 2. The maximum Gasteiger partial charge on any atom is 0.255 e. The minimum Gasteiger partial charge on any atom is -0.496 e. The quantitative estimate of drug-likeness (QED) is 0.776. The van der Waals surface area contributed by atoms with Crippen molar-refractivity contribution < 1.29 is 19.1 Å². The number of carbonyl (C=O) groups excluding carboxylic acids is 2. The van der Waals surface area contributed by atoms with Crippen molar-refractivity contribution in [1.82, 2.24) is 15.2 Å². The Bertz CT molecular complexity index is 828. The van der Waals surface area contributed by atoms with Gasteiger partial charge < -0.3 is 19.7 Å². The molecule has 3 rings (SSSR count). The number of hydrogen-bond donors (Lipinski definition) is 1. The summed E-state index contributed by atoms with van der Waals surface area (Å²) < 4.78 is 10.3. The molecule has 1 aromatic heterocycles. The van der Waals surface area contributed by atoms with E-state index in [2.05, 4.69) is 10.3 Å². The Balaban J connectivity index is 1.84. The van der Waals surface area contributed by atoms with Crippen molar-refractivity contribution in [1.29, 1.82) is 0 Å². The van der Waals surface area contributed by atoms with E-state index in [1.807, 2.05) is 29.2 Å². The third kappa shape index (κ3) is 5.12. The van der Waals surface area contributed by atoms with E-state index in [1.54, 1.807) is 31.5 Å². The van der Waals surface area contributed by atoms with E-state index < -0.39 is 0 Å². The maximum absolute atomic E-state index is 13.0. The lowest BCUT2D eigenvalue weighted by Gasteiger charge is -2.37. The summed E-state index contributed by atoms with van der Waals surface area (Å²) in [4.78, 5) is 31.6. The number of carbonyl (C=O) groups is 2. The van der Waals surface area contributed by atoms with E-state index >= 15 is 0 Å². The van der Waals surface area contributed by atoms with Gasteiger partial charge in [-0.2, -0.15) is 0 Å². The average molecular weight is 397 g/mol. The molecule has 29 heavy (non-hydrogen) atoms. The predicted octanol–water partition coefficient (Wildman–Crippen LogP) is 2.45. The highest BCUT2D eigenvalue weighted by molar-refractivity contribution is 5.97. The monoisotopic (exact) mass is 397 g/mol. The molecule has 0 spiro atoms. The van der Waals surface area contributed by atoms with E-state index in [-0.39, 0.29) is 30.4 Å². The third-order valence-electron chi connectivity index (χ3n) is 5.19. The van der Waals surface area contributed by atoms with Crippen LogP contribution < -0.4 is 10.1 Å². The molecule has 1 aromatic carbocycles. The van der Waals surface area contributed by atoms with Gasteiger partial charge in [0, 0.05) is 32.3 Å². The van der Waals surface area contributed by atoms with Crippen LogP contribution in [0.25, 0.3) is 0 Å². The van der Waals surface area contributed by atoms with Crippen LogP contribution in [-0.2, 0) is 9.53 Å². The van der Waals surface area contributed by atoms with Gasteiger partial charge in [0.2, 0.25) is 5.91 Å². The number of amides is 2. The van der Waals surface area contributed by atoms with Crippen LogP contribution in [0.3, 0.4) is 0 Å². The van der Waals surface area contributed by atoms with Crippen molar-refractivity contribution >= 4 is 11.8 Å². The average Bonchev–Trinajstić information content (AvgIpc) is 2.78. The van der Waals surface area contributed by atoms with Crippen LogP contribution in [0.2, 0.25) is 0 Å². The van der Waals surface area contributed by atoms with Crippen LogP contribution in [0, 0.1) is 5.92 Å². The minimum absolute atomic E-state index is 0.0342. The summed E-state index contributed by atoms with van der Waals surface area (Å²) in [6.45, 7) is 1.32. The molecule has 2 aromatic rings. The number of nitrogens with zero attached hydrogens (tertiary/aromatic N) is 2. The van der Waals surface area contributed by atoms with E-state index in [0.29, 0.717) is 24.4 Å². The second kappa shape index (κ2) is 10.0. The molecule has 1 aliphatic rings. The zero-order valence-corrected chi connectivity index (χ0v) is 16.8. The zero-order chi connectivity index (χ0) is 20.6. The molecule has 0 aliphatic carbocycles. The van der Waals surface area contributed by atoms with E-state index in [9.17, 15) is 9.59 Å². The number of hydrogen-bond acceptors (Lipinski definition) is 5. The lowest BCUT2D eigenvalue weighted by Crippen LogP contribution is -2.46. The standard InChI is InChI=1S/C22H27N3O4/c1-28-15-20(26)25-13-7-8-16(14-25)21(18-10-5-6-12-23-18)24-22(27)17-9-3-4-11-19(17)29-2/h3-6,9-12,16,21H,7-8,13-15H2,1-2H3,(H,24,27). The third-order valence-corrected chi connectivity index (χ3v) is 5.19. The minimum atomic E-state index is -0.313. The Hall–Kier alpha value is -2.93. The van der Waals surface area contributed by atoms with Gasteiger partial charge in [0.1, 0.15) is 12.4 Å². The number of ether oxygens (including phenoxy) is 2. The van der Waals surface area contributed by atoms with E-state index in [1.165, 1.54) is 7.11 Å². The van der Waals surface area contributed by atoms with Gasteiger partial charge in [-0.3, -0.25) is 14.6 Å². The summed E-state index contributed by atoms with van der Waals surface area (Å²) >= 11 is 0. The van der Waals surface area contributed by atoms with Gasteiger partial charge in [0.25, 0.3) is 5.91 Å². The van der Waals surface area contributed by atoms with Gasteiger partial charge in [-0.15, -0.1) is 0 Å². The molecule has 0 radical (unpaired) electrons. The first kappa shape index (κ1) is 20.8. The molecule has 0 saturated carbocycles. The smallest absolute Gasteiger partial charge is 0.255 e. The van der Waals surface area contributed by atoms with Crippen molar-refractivity contribution in [2.24, 2.45) is 5.92 Å². The number of rotatable bonds is 7. The molecule has 7 heteroatoms. The van der Waals surface area contributed by atoms with Crippen molar-refractivity contribution in [3.05, 3.63) is 59.9 Å². The second-order valence-corrected chi connectivity index (χ2v) is 7.08. The summed E-state index contributed by atoms with van der Waals surface area (Å²) in [5.74, 6) is 0.315. The highest BCUT2D eigenvalue weighted by Gasteiger charge is 2.32. The largest absolute Gasteiger partial charge is 0.496 e. The van der Waals surface area contributed by atoms with Crippen LogP contribution in [0.15, 0.2) is 48.7 Å². The first-order chi connectivity index (χ1) is 14.1. The summed E-state index contributed by atoms with van der Waals surface area (Å²) in [6.07, 6.45) is 3.48. The van der Waals surface area contributed by atoms with Crippen molar-refractivity contribution in [2.75, 3.05) is 33.9 Å². The number of piperidine rings is 1. The molecule has 0 bridgehead atoms. The first-order valence-electron chi connectivity index (χ1n) is 9.75. The summed E-state index contributed by atoms with van der Waals surface area (Å²) in [6, 6.07) is 12.5. The van der Waals surface area contributed by atoms with E-state index in [4.69, 9.17) is 9.47 Å². The summed E-state index contributed by atoms with van der Waals surface area (Å²) in [7, 11) is 3.06. The second-order valence-electron chi connectivity index (χ2n) is 7.08. The normalized spacial score (nSPS) is 17.4. The van der Waals surface area contributed by atoms with Crippen LogP contribution in [0.1, 0.15) is 34.9 Å². The number of para-hydroxylation sites is 1. The van der Waals surface area contributed by atoms with Crippen molar-refractivity contribution in [3.63, 3.8) is 0 Å². The number of pyridine rings is 1. The Morgan fingerprint density at radius 1 is 1.21 bits per heavy atom. The lowest BCUT2D eigenvalue weighted by atomic mass is 9.88. The van der Waals surface area contributed by atoms with Gasteiger partial charge in [0.15, 0.2) is 0 Å². The Morgan fingerprint density at radius 3 is 2.72 bits per heavy atom. The molecule has 2 amide bonds. The fourth-order valence-electron chi connectivity index (χ4n) is 3.77. The predicted molar refractivity (Wildman–Crippen MR) is 109 cm³/mol. The number of aromatic nitrogens is 1. The zero-order valence-electron chi connectivity index (χ0n) is 16.8. The van der Waals surface area contributed by atoms with Gasteiger partial charge in [-0.1, -0.05) is 18.2 Å². The Morgan fingerprint density at radius 2 is 2.00 bits per heavy atom. The first-order valence-corrected chi connectivity index (χ1v) is 9.75. The van der Waals surface area contributed by atoms with Gasteiger partial charge >= 0.3 is 0 Å². The molecule has 2 heterocycles. The molecule has 2 unspecified atom stereocenters. The fraction of sp³-hybridized carbons (Fsp3) is 0.409. The van der Waals surface area contributed by atoms with Gasteiger partial charge in [0.05, 0.1) is 24.4 Å². The Kier molecular flexibility index (Phi) is 7.19. The van der Waals surface area contributed by atoms with Crippen LogP contribution in [0.5, 0.6) is 5.75 Å². The van der Waals surface area contributed by atoms with Crippen molar-refractivity contribution in [2.45, 2.75) is 18.9 Å². The Labute approximate surface area is 171 Å². The molecule has 7 nitrogen and oxygen atoms in total. The molecule has 1 fully saturated rings. The number of nitrogens with one attached hydrogen (secondary N) is 1. The van der Waals surface area contributed by atoms with Gasteiger partial charge in [-0.25, -0.2) is 0 Å². The highest BCUT2D eigenvalue weighted by Crippen LogP contribution is 2.30. The SMILES string of the molecule is COCC(=O)N1CCCC(C(NC(=O)c2ccccc2OC)c2ccccn2)C1. The molecule has 1 saturated heterocycles. The molecule has 2 atom stereocenters. The van der Waals surface area contributed by atoms with Crippen molar-refractivity contribution in [3.8, 4) is 5.75 Å². The number of likely N-dealkylation sites (tertiary alicyclic amines) is 1. The molecule has 154 valence electrons. The fourth-order valence-corrected chi connectivity index (χ4v) is 3.77. The topological polar surface area (TPSA) is 80.8 Å². The van der Waals surface area contributed by atoms with Crippen LogP contribution in [-0.4, -0.2) is 55.6 Å². The van der Waals surface area contributed by atoms with Crippen LogP contribution >= 0.6 is 0 Å².